The molecule has 1 saturated heterocycles. The van der Waals surface area contributed by atoms with Gasteiger partial charge >= 0.3 is 0 Å². The second-order valence-electron chi connectivity index (χ2n) is 5.74. The molecular formula is C16H25NO2. The van der Waals surface area contributed by atoms with E-state index in [0.29, 0.717) is 6.54 Å². The summed E-state index contributed by atoms with van der Waals surface area (Å²) in [5, 5.41) is 10.5. The van der Waals surface area contributed by atoms with Crippen molar-refractivity contribution in [3.8, 4) is 5.75 Å². The van der Waals surface area contributed by atoms with E-state index in [9.17, 15) is 5.11 Å². The Labute approximate surface area is 116 Å². The van der Waals surface area contributed by atoms with Crippen molar-refractivity contribution in [2.24, 2.45) is 5.92 Å². The highest BCUT2D eigenvalue weighted by atomic mass is 16.5. The van der Waals surface area contributed by atoms with Gasteiger partial charge in [0.05, 0.1) is 13.2 Å². The highest BCUT2D eigenvalue weighted by molar-refractivity contribution is 5.38. The van der Waals surface area contributed by atoms with E-state index in [0.717, 1.165) is 35.9 Å². The molecule has 2 rings (SSSR count). The first-order valence-electron chi connectivity index (χ1n) is 7.15. The average Bonchev–Trinajstić information content (AvgIpc) is 2.41. The quantitative estimate of drug-likeness (QED) is 0.906. The largest absolute Gasteiger partial charge is 0.496 e. The Morgan fingerprint density at radius 1 is 1.37 bits per heavy atom. The maximum absolute atomic E-state index is 10.5. The van der Waals surface area contributed by atoms with Crippen molar-refractivity contribution in [3.05, 3.63) is 29.3 Å². The molecule has 0 saturated carbocycles. The summed E-state index contributed by atoms with van der Waals surface area (Å²) in [6, 6.07) is 5.97. The molecule has 1 unspecified atom stereocenters. The van der Waals surface area contributed by atoms with E-state index in [2.05, 4.69) is 11.8 Å². The van der Waals surface area contributed by atoms with Gasteiger partial charge in [0.15, 0.2) is 0 Å². The van der Waals surface area contributed by atoms with Crippen molar-refractivity contribution in [2.45, 2.75) is 32.8 Å². The Bertz CT molecular complexity index is 411. The maximum atomic E-state index is 10.5. The average molecular weight is 263 g/mol. The zero-order valence-corrected chi connectivity index (χ0v) is 12.2. The van der Waals surface area contributed by atoms with E-state index < -0.39 is 6.10 Å². The number of benzene rings is 1. The van der Waals surface area contributed by atoms with Crippen molar-refractivity contribution < 1.29 is 9.84 Å². The highest BCUT2D eigenvalue weighted by Crippen LogP contribution is 2.28. The van der Waals surface area contributed by atoms with Crippen LogP contribution in [0.4, 0.5) is 0 Å². The third-order valence-corrected chi connectivity index (χ3v) is 4.05. The Hall–Kier alpha value is -1.06. The second kappa shape index (κ2) is 6.40. The number of rotatable bonds is 4. The molecule has 1 N–H and O–H groups in total. The lowest BCUT2D eigenvalue weighted by atomic mass is 9.98. The van der Waals surface area contributed by atoms with Crippen LogP contribution in [0.3, 0.4) is 0 Å². The molecule has 1 heterocycles. The molecule has 1 atom stereocenters. The van der Waals surface area contributed by atoms with Gasteiger partial charge < -0.3 is 14.7 Å². The third kappa shape index (κ3) is 3.71. The summed E-state index contributed by atoms with van der Waals surface area (Å²) in [5.74, 6) is 1.60. The Morgan fingerprint density at radius 3 is 2.68 bits per heavy atom. The fourth-order valence-corrected chi connectivity index (χ4v) is 2.70. The van der Waals surface area contributed by atoms with Gasteiger partial charge in [-0.25, -0.2) is 0 Å². The van der Waals surface area contributed by atoms with Crippen molar-refractivity contribution in [1.82, 2.24) is 4.90 Å². The number of piperidine rings is 1. The Morgan fingerprint density at radius 2 is 2.05 bits per heavy atom. The van der Waals surface area contributed by atoms with Gasteiger partial charge in [-0.15, -0.1) is 0 Å². The van der Waals surface area contributed by atoms with E-state index >= 15 is 0 Å². The van der Waals surface area contributed by atoms with Crippen LogP contribution in [0.15, 0.2) is 18.2 Å². The molecule has 0 spiro atoms. The predicted octanol–water partition coefficient (Wildman–Crippen LogP) is 2.77. The van der Waals surface area contributed by atoms with Gasteiger partial charge in [-0.2, -0.15) is 0 Å². The number of methoxy groups -OCH3 is 1. The van der Waals surface area contributed by atoms with E-state index in [1.165, 1.54) is 12.8 Å². The number of aliphatic hydroxyl groups excluding tert-OH is 1. The molecule has 1 aromatic rings. The van der Waals surface area contributed by atoms with Crippen molar-refractivity contribution in [3.63, 3.8) is 0 Å². The van der Waals surface area contributed by atoms with E-state index in [4.69, 9.17) is 4.74 Å². The van der Waals surface area contributed by atoms with E-state index in [-0.39, 0.29) is 0 Å². The SMILES string of the molecule is COc1ccc(C)cc1C(O)CN1CCC(C)CC1. The standard InChI is InChI=1S/C16H25NO2/c1-12-6-8-17(9-7-12)11-15(18)14-10-13(2)4-5-16(14)19-3/h4-5,10,12,15,18H,6-9,11H2,1-3H3. The maximum Gasteiger partial charge on any atom is 0.124 e. The summed E-state index contributed by atoms with van der Waals surface area (Å²) in [6.07, 6.45) is 2.00. The van der Waals surface area contributed by atoms with Gasteiger partial charge in [-0.1, -0.05) is 18.6 Å². The molecule has 0 amide bonds. The van der Waals surface area contributed by atoms with Gasteiger partial charge in [0, 0.05) is 12.1 Å². The molecule has 1 fully saturated rings. The highest BCUT2D eigenvalue weighted by Gasteiger charge is 2.21. The lowest BCUT2D eigenvalue weighted by molar-refractivity contribution is 0.0898. The van der Waals surface area contributed by atoms with Crippen LogP contribution in [0.25, 0.3) is 0 Å². The minimum atomic E-state index is -0.469. The molecular weight excluding hydrogens is 238 g/mol. The first kappa shape index (κ1) is 14.4. The van der Waals surface area contributed by atoms with Gasteiger partial charge in [0.25, 0.3) is 0 Å². The van der Waals surface area contributed by atoms with Crippen LogP contribution in [0.5, 0.6) is 5.75 Å². The molecule has 3 heteroatoms. The normalized spacial score (nSPS) is 19.4. The van der Waals surface area contributed by atoms with E-state index in [1.54, 1.807) is 7.11 Å². The number of aryl methyl sites for hydroxylation is 1. The number of β-amino-alcohol motifs (C(OH)–C–C–N with tert-alkyl or cyclic N) is 1. The predicted molar refractivity (Wildman–Crippen MR) is 77.5 cm³/mol. The zero-order valence-electron chi connectivity index (χ0n) is 12.2. The summed E-state index contributed by atoms with van der Waals surface area (Å²) in [7, 11) is 1.66. The second-order valence-corrected chi connectivity index (χ2v) is 5.74. The number of ether oxygens (including phenoxy) is 1. The molecule has 19 heavy (non-hydrogen) atoms. The summed E-state index contributed by atoms with van der Waals surface area (Å²) < 4.78 is 5.35. The van der Waals surface area contributed by atoms with Crippen LogP contribution in [-0.4, -0.2) is 36.8 Å². The molecule has 0 aromatic heterocycles. The zero-order chi connectivity index (χ0) is 13.8. The Kier molecular flexibility index (Phi) is 4.83. The summed E-state index contributed by atoms with van der Waals surface area (Å²) in [4.78, 5) is 2.35. The minimum absolute atomic E-state index is 0.469. The monoisotopic (exact) mass is 263 g/mol. The summed E-state index contributed by atoms with van der Waals surface area (Å²) in [5.41, 5.74) is 2.06. The number of nitrogens with zero attached hydrogens (tertiary/aromatic N) is 1. The van der Waals surface area contributed by atoms with Gasteiger partial charge in [0.2, 0.25) is 0 Å². The van der Waals surface area contributed by atoms with Crippen LogP contribution in [0.2, 0.25) is 0 Å². The fraction of sp³-hybridized carbons (Fsp3) is 0.625. The molecule has 0 bridgehead atoms. The van der Waals surface area contributed by atoms with Gasteiger partial charge in [0.1, 0.15) is 5.75 Å². The van der Waals surface area contributed by atoms with Crippen LogP contribution in [-0.2, 0) is 0 Å². The minimum Gasteiger partial charge on any atom is -0.496 e. The number of hydrogen-bond donors (Lipinski definition) is 1. The first-order chi connectivity index (χ1) is 9.10. The van der Waals surface area contributed by atoms with Crippen LogP contribution >= 0.6 is 0 Å². The van der Waals surface area contributed by atoms with Gasteiger partial charge in [-0.3, -0.25) is 0 Å². The van der Waals surface area contributed by atoms with Crippen LogP contribution < -0.4 is 4.74 Å². The van der Waals surface area contributed by atoms with E-state index in [1.807, 2.05) is 25.1 Å². The molecule has 3 nitrogen and oxygen atoms in total. The van der Waals surface area contributed by atoms with Gasteiger partial charge in [-0.05, 0) is 50.9 Å². The topological polar surface area (TPSA) is 32.7 Å². The fourth-order valence-electron chi connectivity index (χ4n) is 2.70. The lowest BCUT2D eigenvalue weighted by Crippen LogP contribution is -2.36. The van der Waals surface area contributed by atoms with Crippen molar-refractivity contribution in [2.75, 3.05) is 26.7 Å². The number of aliphatic hydroxyl groups is 1. The number of hydrogen-bond acceptors (Lipinski definition) is 3. The molecule has 0 radical (unpaired) electrons. The van der Waals surface area contributed by atoms with Crippen LogP contribution in [0, 0.1) is 12.8 Å². The smallest absolute Gasteiger partial charge is 0.124 e. The Balaban J connectivity index is 2.03. The van der Waals surface area contributed by atoms with Crippen molar-refractivity contribution in [1.29, 1.82) is 0 Å². The van der Waals surface area contributed by atoms with Crippen molar-refractivity contribution >= 4 is 0 Å². The van der Waals surface area contributed by atoms with Crippen LogP contribution in [0.1, 0.15) is 37.0 Å². The number of likely N-dealkylation sites (tertiary alicyclic amines) is 1. The summed E-state index contributed by atoms with van der Waals surface area (Å²) >= 11 is 0. The summed E-state index contributed by atoms with van der Waals surface area (Å²) in [6.45, 7) is 7.22. The molecule has 1 aliphatic rings. The third-order valence-electron chi connectivity index (χ3n) is 4.05. The molecule has 1 aromatic carbocycles. The first-order valence-corrected chi connectivity index (χ1v) is 7.15. The molecule has 0 aliphatic carbocycles. The lowest BCUT2D eigenvalue weighted by Gasteiger charge is -2.32. The molecule has 1 aliphatic heterocycles. The molecule has 106 valence electrons.